The molecule has 0 bridgehead atoms. The fourth-order valence-electron chi connectivity index (χ4n) is 4.75. The Bertz CT molecular complexity index is 1420. The number of para-hydroxylation sites is 1. The maximum absolute atomic E-state index is 14.3. The van der Waals surface area contributed by atoms with Crippen molar-refractivity contribution in [1.82, 2.24) is 10.2 Å². The molecule has 0 saturated heterocycles. The van der Waals surface area contributed by atoms with Crippen LogP contribution < -0.4 is 9.62 Å². The number of carbonyl (C=O) groups excluding carboxylic acids is 2. The van der Waals surface area contributed by atoms with Crippen LogP contribution >= 0.6 is 0 Å². The van der Waals surface area contributed by atoms with Gasteiger partial charge in [0.25, 0.3) is 0 Å². The molecule has 1 N–H and O–H groups in total. The highest BCUT2D eigenvalue weighted by atomic mass is 32.2. The summed E-state index contributed by atoms with van der Waals surface area (Å²) in [6.45, 7) is 10.2. The number of amides is 2. The van der Waals surface area contributed by atoms with Crippen LogP contribution in [0.2, 0.25) is 0 Å². The molecule has 220 valence electrons. The molecule has 0 unspecified atom stereocenters. The molecule has 3 aromatic carbocycles. The van der Waals surface area contributed by atoms with E-state index >= 15 is 0 Å². The number of anilines is 1. The van der Waals surface area contributed by atoms with Crippen LogP contribution in [0.3, 0.4) is 0 Å². The Morgan fingerprint density at radius 1 is 0.854 bits per heavy atom. The number of hydrogen-bond acceptors (Lipinski definition) is 4. The number of carbonyl (C=O) groups is 2. The summed E-state index contributed by atoms with van der Waals surface area (Å²) in [5.74, 6) is -0.442. The predicted molar refractivity (Wildman–Crippen MR) is 166 cm³/mol. The lowest BCUT2D eigenvalue weighted by Gasteiger charge is -2.34. The Balaban J connectivity index is 2.10. The van der Waals surface area contributed by atoms with E-state index in [1.54, 1.807) is 17.0 Å². The molecule has 0 radical (unpaired) electrons. The van der Waals surface area contributed by atoms with E-state index in [1.165, 1.54) is 4.31 Å². The van der Waals surface area contributed by atoms with Gasteiger partial charge in [-0.1, -0.05) is 100 Å². The molecule has 0 aliphatic heterocycles. The van der Waals surface area contributed by atoms with Gasteiger partial charge in [-0.05, 0) is 47.1 Å². The van der Waals surface area contributed by atoms with Gasteiger partial charge in [-0.2, -0.15) is 0 Å². The molecule has 3 aromatic rings. The normalized spacial score (nSPS) is 12.3. The van der Waals surface area contributed by atoms with Crippen LogP contribution in [0.5, 0.6) is 0 Å². The van der Waals surface area contributed by atoms with Gasteiger partial charge >= 0.3 is 0 Å². The summed E-state index contributed by atoms with van der Waals surface area (Å²) in [4.78, 5) is 29.6. The van der Waals surface area contributed by atoms with Crippen molar-refractivity contribution in [2.45, 2.75) is 59.5 Å². The zero-order chi connectivity index (χ0) is 30.2. The van der Waals surface area contributed by atoms with E-state index in [1.807, 2.05) is 101 Å². The Kier molecular flexibility index (Phi) is 11.1. The third kappa shape index (κ3) is 8.92. The van der Waals surface area contributed by atoms with Crippen LogP contribution in [-0.2, 0) is 32.6 Å². The fourth-order valence-corrected chi connectivity index (χ4v) is 5.61. The van der Waals surface area contributed by atoms with Crippen molar-refractivity contribution >= 4 is 27.5 Å². The van der Waals surface area contributed by atoms with Gasteiger partial charge in [0.05, 0.1) is 11.9 Å². The van der Waals surface area contributed by atoms with Gasteiger partial charge in [0.15, 0.2) is 0 Å². The minimum atomic E-state index is -3.82. The number of hydrogen-bond donors (Lipinski definition) is 1. The second kappa shape index (κ2) is 14.3. The van der Waals surface area contributed by atoms with E-state index in [0.717, 1.165) is 28.5 Å². The molecule has 1 atom stereocenters. The first-order valence-corrected chi connectivity index (χ1v) is 16.0. The molecule has 0 fully saturated rings. The summed E-state index contributed by atoms with van der Waals surface area (Å²) in [5, 5.41) is 3.01. The largest absolute Gasteiger partial charge is 0.354 e. The van der Waals surface area contributed by atoms with Gasteiger partial charge in [-0.15, -0.1) is 0 Å². The standard InChI is InChI=1S/C33H43N3O4S/c1-24(2)21-34-33(38)31(20-27-15-8-7-9-16-27)35(22-28-17-11-10-14-26(28)5)32(37)23-36(41(6,39)40)30-19-13-12-18-29(30)25(3)4/h7-19,24-25,31H,20-23H2,1-6H3,(H,34,38)/t31-/m1/s1. The van der Waals surface area contributed by atoms with Gasteiger partial charge in [-0.3, -0.25) is 13.9 Å². The average molecular weight is 578 g/mol. The molecule has 0 saturated carbocycles. The van der Waals surface area contributed by atoms with Crippen LogP contribution in [0.25, 0.3) is 0 Å². The topological polar surface area (TPSA) is 86.8 Å². The fraction of sp³-hybridized carbons (Fsp3) is 0.394. The molecule has 8 heteroatoms. The van der Waals surface area contributed by atoms with Gasteiger partial charge in [0, 0.05) is 19.5 Å². The Morgan fingerprint density at radius 2 is 1.46 bits per heavy atom. The van der Waals surface area contributed by atoms with Crippen molar-refractivity contribution < 1.29 is 18.0 Å². The highest BCUT2D eigenvalue weighted by Gasteiger charge is 2.33. The van der Waals surface area contributed by atoms with Crippen LogP contribution in [0, 0.1) is 12.8 Å². The summed E-state index contributed by atoms with van der Waals surface area (Å²) in [7, 11) is -3.82. The lowest BCUT2D eigenvalue weighted by Crippen LogP contribution is -2.53. The Hall–Kier alpha value is -3.65. The molecule has 7 nitrogen and oxygen atoms in total. The highest BCUT2D eigenvalue weighted by molar-refractivity contribution is 7.92. The van der Waals surface area contributed by atoms with Crippen molar-refractivity contribution in [3.8, 4) is 0 Å². The number of nitrogens with zero attached hydrogens (tertiary/aromatic N) is 2. The number of benzene rings is 3. The third-order valence-electron chi connectivity index (χ3n) is 7.06. The minimum Gasteiger partial charge on any atom is -0.354 e. The summed E-state index contributed by atoms with van der Waals surface area (Å²) in [5.41, 5.74) is 4.08. The molecule has 2 amide bonds. The lowest BCUT2D eigenvalue weighted by atomic mass is 10.0. The van der Waals surface area contributed by atoms with E-state index in [2.05, 4.69) is 5.32 Å². The van der Waals surface area contributed by atoms with Gasteiger partial charge in [-0.25, -0.2) is 8.42 Å². The monoisotopic (exact) mass is 577 g/mol. The Morgan fingerprint density at radius 3 is 2.07 bits per heavy atom. The van der Waals surface area contributed by atoms with Gasteiger partial charge in [0.1, 0.15) is 12.6 Å². The van der Waals surface area contributed by atoms with E-state index in [0.29, 0.717) is 18.7 Å². The van der Waals surface area contributed by atoms with Crippen LogP contribution in [0.1, 0.15) is 55.9 Å². The molecule has 0 heterocycles. The van der Waals surface area contributed by atoms with Gasteiger partial charge < -0.3 is 10.2 Å². The second-order valence-corrected chi connectivity index (χ2v) is 13.2. The molecule has 0 aromatic heterocycles. The first-order chi connectivity index (χ1) is 19.4. The molecule has 0 aliphatic carbocycles. The van der Waals surface area contributed by atoms with Crippen LogP contribution in [0.4, 0.5) is 5.69 Å². The maximum Gasteiger partial charge on any atom is 0.244 e. The second-order valence-electron chi connectivity index (χ2n) is 11.3. The van der Waals surface area contributed by atoms with E-state index in [9.17, 15) is 18.0 Å². The van der Waals surface area contributed by atoms with Crippen LogP contribution in [0.15, 0.2) is 78.9 Å². The zero-order valence-electron chi connectivity index (χ0n) is 25.0. The zero-order valence-corrected chi connectivity index (χ0v) is 25.8. The molecular weight excluding hydrogens is 534 g/mol. The smallest absolute Gasteiger partial charge is 0.244 e. The van der Waals surface area contributed by atoms with E-state index < -0.39 is 28.5 Å². The molecule has 3 rings (SSSR count). The Labute approximate surface area is 245 Å². The van der Waals surface area contributed by atoms with Crippen molar-refractivity contribution in [2.75, 3.05) is 23.7 Å². The maximum atomic E-state index is 14.3. The quantitative estimate of drug-likeness (QED) is 0.299. The number of nitrogens with one attached hydrogen (secondary N) is 1. The first-order valence-electron chi connectivity index (χ1n) is 14.1. The first kappa shape index (κ1) is 31.9. The van der Waals surface area contributed by atoms with Crippen LogP contribution in [-0.4, -0.2) is 50.5 Å². The number of rotatable bonds is 13. The molecule has 0 aliphatic rings. The van der Waals surface area contributed by atoms with E-state index in [4.69, 9.17) is 0 Å². The minimum absolute atomic E-state index is 0.0428. The van der Waals surface area contributed by atoms with Gasteiger partial charge in [0.2, 0.25) is 21.8 Å². The summed E-state index contributed by atoms with van der Waals surface area (Å²) in [6.07, 6.45) is 1.41. The summed E-state index contributed by atoms with van der Waals surface area (Å²) in [6, 6.07) is 23.7. The summed E-state index contributed by atoms with van der Waals surface area (Å²) >= 11 is 0. The van der Waals surface area contributed by atoms with E-state index in [-0.39, 0.29) is 24.3 Å². The molecule has 0 spiro atoms. The highest BCUT2D eigenvalue weighted by Crippen LogP contribution is 2.29. The predicted octanol–water partition coefficient (Wildman–Crippen LogP) is 5.30. The molecule has 41 heavy (non-hydrogen) atoms. The molecular formula is C33H43N3O4S. The number of aryl methyl sites for hydroxylation is 1. The SMILES string of the molecule is Cc1ccccc1CN(C(=O)CN(c1ccccc1C(C)C)S(C)(=O)=O)[C@H](Cc1ccccc1)C(=O)NCC(C)C. The van der Waals surface area contributed by atoms with Crippen molar-refractivity contribution in [1.29, 1.82) is 0 Å². The van der Waals surface area contributed by atoms with Crippen molar-refractivity contribution in [3.63, 3.8) is 0 Å². The lowest BCUT2D eigenvalue weighted by molar-refractivity contribution is -0.140. The summed E-state index contributed by atoms with van der Waals surface area (Å²) < 4.78 is 27.4. The average Bonchev–Trinajstić information content (AvgIpc) is 2.93. The third-order valence-corrected chi connectivity index (χ3v) is 8.19. The van der Waals surface area contributed by atoms with Crippen molar-refractivity contribution in [3.05, 3.63) is 101 Å². The number of sulfonamides is 1. The van der Waals surface area contributed by atoms with Crippen molar-refractivity contribution in [2.24, 2.45) is 5.92 Å².